The molecule has 0 spiro atoms. The van der Waals surface area contributed by atoms with Gasteiger partial charge in [-0.1, -0.05) is 0 Å². The summed E-state index contributed by atoms with van der Waals surface area (Å²) in [5, 5.41) is 8.47. The maximum absolute atomic E-state index is 11.1. The maximum Gasteiger partial charge on any atom is 0.239 e. The molecule has 0 unspecified atom stereocenters. The Labute approximate surface area is 88.5 Å². The van der Waals surface area contributed by atoms with E-state index in [9.17, 15) is 4.79 Å². The van der Waals surface area contributed by atoms with Gasteiger partial charge in [-0.05, 0) is 6.92 Å². The van der Waals surface area contributed by atoms with Gasteiger partial charge in [-0.15, -0.1) is 0 Å². The topological polar surface area (TPSA) is 78.9 Å². The number of hydrogen-bond donors (Lipinski definition) is 3. The van der Waals surface area contributed by atoms with Crippen LogP contribution in [-0.4, -0.2) is 36.0 Å². The highest BCUT2D eigenvalue weighted by Gasteiger charge is 2.00. The average molecular weight is 209 g/mol. The molecule has 1 amide bonds. The van der Waals surface area contributed by atoms with Gasteiger partial charge in [0.15, 0.2) is 0 Å². The van der Waals surface area contributed by atoms with E-state index in [1.807, 2.05) is 6.92 Å². The number of nitrogens with one attached hydrogen (secondary N) is 3. The van der Waals surface area contributed by atoms with Crippen molar-refractivity contribution in [3.63, 3.8) is 0 Å². The van der Waals surface area contributed by atoms with Crippen LogP contribution in [0.4, 0.5) is 11.6 Å². The molecule has 0 saturated heterocycles. The molecule has 0 fully saturated rings. The fourth-order valence-electron chi connectivity index (χ4n) is 1.02. The number of likely N-dealkylation sites (N-methyl/N-ethyl adjacent to an activating group) is 1. The van der Waals surface area contributed by atoms with Gasteiger partial charge in [0.25, 0.3) is 0 Å². The molecule has 0 saturated carbocycles. The second kappa shape index (κ2) is 5.79. The molecule has 6 heteroatoms. The van der Waals surface area contributed by atoms with Crippen LogP contribution >= 0.6 is 0 Å². The average Bonchev–Trinajstić information content (AvgIpc) is 2.27. The van der Waals surface area contributed by atoms with E-state index in [0.717, 1.165) is 0 Å². The molecule has 1 aromatic rings. The van der Waals surface area contributed by atoms with Crippen molar-refractivity contribution in [3.05, 3.63) is 12.4 Å². The number of carbonyl (C=O) groups is 1. The lowest BCUT2D eigenvalue weighted by Crippen LogP contribution is -2.29. The van der Waals surface area contributed by atoms with Crippen molar-refractivity contribution in [2.75, 3.05) is 30.8 Å². The predicted octanol–water partition coefficient (Wildman–Crippen LogP) is 0.0663. The van der Waals surface area contributed by atoms with Crippen molar-refractivity contribution in [1.29, 1.82) is 0 Å². The summed E-state index contributed by atoms with van der Waals surface area (Å²) in [6.07, 6.45) is 1.44. The normalized spacial score (nSPS) is 9.47. The van der Waals surface area contributed by atoms with Gasteiger partial charge in [-0.25, -0.2) is 9.97 Å². The third kappa shape index (κ3) is 3.80. The fourth-order valence-corrected chi connectivity index (χ4v) is 1.02. The van der Waals surface area contributed by atoms with Crippen molar-refractivity contribution in [2.24, 2.45) is 0 Å². The zero-order chi connectivity index (χ0) is 11.1. The highest BCUT2D eigenvalue weighted by molar-refractivity contribution is 5.80. The van der Waals surface area contributed by atoms with E-state index in [4.69, 9.17) is 0 Å². The van der Waals surface area contributed by atoms with Crippen LogP contribution < -0.4 is 16.0 Å². The van der Waals surface area contributed by atoms with Gasteiger partial charge in [0.05, 0.1) is 6.54 Å². The highest BCUT2D eigenvalue weighted by Crippen LogP contribution is 2.06. The summed E-state index contributed by atoms with van der Waals surface area (Å²) < 4.78 is 0. The van der Waals surface area contributed by atoms with E-state index in [0.29, 0.717) is 18.2 Å². The van der Waals surface area contributed by atoms with Gasteiger partial charge in [-0.3, -0.25) is 4.79 Å². The molecule has 15 heavy (non-hydrogen) atoms. The summed E-state index contributed by atoms with van der Waals surface area (Å²) in [5.74, 6) is 1.28. The molecule has 0 radical (unpaired) electrons. The quantitative estimate of drug-likeness (QED) is 0.639. The molecule has 0 bridgehead atoms. The minimum absolute atomic E-state index is 0.0536. The second-order valence-electron chi connectivity index (χ2n) is 2.85. The number of carbonyl (C=O) groups excluding carboxylic acids is 1. The third-order valence-electron chi connectivity index (χ3n) is 1.73. The summed E-state index contributed by atoms with van der Waals surface area (Å²) in [6, 6.07) is 1.74. The Hall–Kier alpha value is -1.85. The first-order chi connectivity index (χ1) is 7.26. The molecule has 0 atom stereocenters. The minimum Gasteiger partial charge on any atom is -0.373 e. The molecule has 1 aromatic heterocycles. The third-order valence-corrected chi connectivity index (χ3v) is 1.73. The van der Waals surface area contributed by atoms with Gasteiger partial charge >= 0.3 is 0 Å². The summed E-state index contributed by atoms with van der Waals surface area (Å²) >= 11 is 0. The molecule has 6 nitrogen and oxygen atoms in total. The SMILES string of the molecule is CCNC(=O)CNc1cc(NC)ncn1. The van der Waals surface area contributed by atoms with Gasteiger partial charge in [0.1, 0.15) is 18.0 Å². The van der Waals surface area contributed by atoms with E-state index in [-0.39, 0.29) is 12.5 Å². The first-order valence-electron chi connectivity index (χ1n) is 4.76. The fraction of sp³-hybridized carbons (Fsp3) is 0.444. The van der Waals surface area contributed by atoms with Crippen LogP contribution in [0, 0.1) is 0 Å². The second-order valence-corrected chi connectivity index (χ2v) is 2.85. The summed E-state index contributed by atoms with van der Waals surface area (Å²) in [5.41, 5.74) is 0. The highest BCUT2D eigenvalue weighted by atomic mass is 16.1. The number of rotatable bonds is 5. The first kappa shape index (κ1) is 11.2. The Morgan fingerprint density at radius 1 is 1.40 bits per heavy atom. The van der Waals surface area contributed by atoms with Crippen LogP contribution in [0.5, 0.6) is 0 Å². The smallest absolute Gasteiger partial charge is 0.239 e. The van der Waals surface area contributed by atoms with Crippen LogP contribution in [0.15, 0.2) is 12.4 Å². The molecular weight excluding hydrogens is 194 g/mol. The number of amides is 1. The largest absolute Gasteiger partial charge is 0.373 e. The van der Waals surface area contributed by atoms with Crippen LogP contribution in [0.3, 0.4) is 0 Å². The van der Waals surface area contributed by atoms with E-state index in [2.05, 4.69) is 25.9 Å². The Balaban J connectivity index is 2.46. The van der Waals surface area contributed by atoms with E-state index >= 15 is 0 Å². The van der Waals surface area contributed by atoms with Crippen molar-refractivity contribution in [2.45, 2.75) is 6.92 Å². The van der Waals surface area contributed by atoms with Gasteiger partial charge in [0.2, 0.25) is 5.91 Å². The molecule has 0 aliphatic heterocycles. The molecule has 3 N–H and O–H groups in total. The van der Waals surface area contributed by atoms with Gasteiger partial charge in [-0.2, -0.15) is 0 Å². The van der Waals surface area contributed by atoms with Gasteiger partial charge in [0, 0.05) is 19.7 Å². The Morgan fingerprint density at radius 3 is 2.80 bits per heavy atom. The van der Waals surface area contributed by atoms with Crippen molar-refractivity contribution in [1.82, 2.24) is 15.3 Å². The Morgan fingerprint density at radius 2 is 2.13 bits per heavy atom. The lowest BCUT2D eigenvalue weighted by atomic mass is 10.5. The number of hydrogen-bond acceptors (Lipinski definition) is 5. The van der Waals surface area contributed by atoms with Crippen molar-refractivity contribution < 1.29 is 4.79 Å². The van der Waals surface area contributed by atoms with Crippen molar-refractivity contribution >= 4 is 17.5 Å². The van der Waals surface area contributed by atoms with Crippen LogP contribution in [0.2, 0.25) is 0 Å². The number of aromatic nitrogens is 2. The monoisotopic (exact) mass is 209 g/mol. The van der Waals surface area contributed by atoms with E-state index in [1.54, 1.807) is 13.1 Å². The maximum atomic E-state index is 11.1. The summed E-state index contributed by atoms with van der Waals surface area (Å²) in [7, 11) is 1.77. The van der Waals surface area contributed by atoms with Crippen LogP contribution in [0.25, 0.3) is 0 Å². The molecule has 82 valence electrons. The lowest BCUT2D eigenvalue weighted by Gasteiger charge is -2.06. The van der Waals surface area contributed by atoms with Gasteiger partial charge < -0.3 is 16.0 Å². The Kier molecular flexibility index (Phi) is 4.33. The minimum atomic E-state index is -0.0536. The predicted molar refractivity (Wildman–Crippen MR) is 58.8 cm³/mol. The van der Waals surface area contributed by atoms with E-state index < -0.39 is 0 Å². The zero-order valence-corrected chi connectivity index (χ0v) is 8.87. The first-order valence-corrected chi connectivity index (χ1v) is 4.76. The molecular formula is C9H15N5O. The molecule has 1 heterocycles. The standard InChI is InChI=1S/C9H15N5O/c1-3-11-9(15)5-12-8-4-7(10-2)13-6-14-8/h4,6H,3,5H2,1-2H3,(H,11,15)(H2,10,12,13,14). The van der Waals surface area contributed by atoms with Crippen molar-refractivity contribution in [3.8, 4) is 0 Å². The summed E-state index contributed by atoms with van der Waals surface area (Å²) in [4.78, 5) is 19.1. The summed E-state index contributed by atoms with van der Waals surface area (Å²) in [6.45, 7) is 2.72. The molecule has 0 aromatic carbocycles. The van der Waals surface area contributed by atoms with E-state index in [1.165, 1.54) is 6.33 Å². The molecule has 0 aliphatic carbocycles. The number of nitrogens with zero attached hydrogens (tertiary/aromatic N) is 2. The van der Waals surface area contributed by atoms with Crippen LogP contribution in [0.1, 0.15) is 6.92 Å². The molecule has 0 aliphatic rings. The molecule has 1 rings (SSSR count). The van der Waals surface area contributed by atoms with Crippen LogP contribution in [-0.2, 0) is 4.79 Å². The lowest BCUT2D eigenvalue weighted by molar-refractivity contribution is -0.119. The Bertz CT molecular complexity index is 328. The number of anilines is 2. The zero-order valence-electron chi connectivity index (χ0n) is 8.87.